The fourth-order valence-corrected chi connectivity index (χ4v) is 2.43. The molecule has 120 valence electrons. The second-order valence-electron chi connectivity index (χ2n) is 5.56. The molecule has 0 aromatic heterocycles. The number of carbonyl (C=O) groups is 3. The number of piperidine rings is 1. The van der Waals surface area contributed by atoms with Gasteiger partial charge in [0.1, 0.15) is 6.04 Å². The van der Waals surface area contributed by atoms with Crippen molar-refractivity contribution in [3.63, 3.8) is 0 Å². The Labute approximate surface area is 125 Å². The number of rotatable bonds is 5. The van der Waals surface area contributed by atoms with Crippen molar-refractivity contribution in [1.29, 1.82) is 0 Å². The number of nitrogens with zero attached hydrogens (tertiary/aromatic N) is 1. The standard InChI is InChI=1S/C14H25N3O4/c1-4-6-15-12(18)10(3)16-14(21)17-7-5-11(13(19)20)8-9(17)2/h9-11H,4-8H2,1-3H3,(H,15,18)(H,16,21)(H,19,20). The van der Waals surface area contributed by atoms with Gasteiger partial charge in [-0.15, -0.1) is 0 Å². The third-order valence-corrected chi connectivity index (χ3v) is 3.77. The van der Waals surface area contributed by atoms with Crippen LogP contribution in [0.2, 0.25) is 0 Å². The van der Waals surface area contributed by atoms with Gasteiger partial charge in [0.05, 0.1) is 5.92 Å². The topological polar surface area (TPSA) is 98.7 Å². The molecule has 0 radical (unpaired) electrons. The Kier molecular flexibility index (Phi) is 6.45. The van der Waals surface area contributed by atoms with Gasteiger partial charge in [0.15, 0.2) is 0 Å². The van der Waals surface area contributed by atoms with Crippen molar-refractivity contribution in [2.75, 3.05) is 13.1 Å². The number of carbonyl (C=O) groups excluding carboxylic acids is 2. The van der Waals surface area contributed by atoms with Gasteiger partial charge in [-0.3, -0.25) is 9.59 Å². The van der Waals surface area contributed by atoms with Gasteiger partial charge in [-0.25, -0.2) is 4.79 Å². The van der Waals surface area contributed by atoms with Gasteiger partial charge >= 0.3 is 12.0 Å². The molecule has 0 saturated carbocycles. The molecule has 0 aromatic carbocycles. The Morgan fingerprint density at radius 3 is 2.57 bits per heavy atom. The van der Waals surface area contributed by atoms with Crippen LogP contribution in [0.15, 0.2) is 0 Å². The number of nitrogens with one attached hydrogen (secondary N) is 2. The summed E-state index contributed by atoms with van der Waals surface area (Å²) in [7, 11) is 0. The lowest BCUT2D eigenvalue weighted by atomic mass is 9.92. The van der Waals surface area contributed by atoms with Crippen LogP contribution in [0.25, 0.3) is 0 Å². The molecule has 3 N–H and O–H groups in total. The molecule has 0 aliphatic carbocycles. The number of hydrogen-bond donors (Lipinski definition) is 3. The molecular formula is C14H25N3O4. The third-order valence-electron chi connectivity index (χ3n) is 3.77. The van der Waals surface area contributed by atoms with Crippen molar-refractivity contribution in [2.24, 2.45) is 5.92 Å². The van der Waals surface area contributed by atoms with Crippen LogP contribution < -0.4 is 10.6 Å². The molecule has 21 heavy (non-hydrogen) atoms. The zero-order chi connectivity index (χ0) is 16.0. The fourth-order valence-electron chi connectivity index (χ4n) is 2.43. The van der Waals surface area contributed by atoms with Crippen LogP contribution in [-0.4, -0.2) is 53.1 Å². The van der Waals surface area contributed by atoms with Crippen molar-refractivity contribution >= 4 is 17.9 Å². The highest BCUT2D eigenvalue weighted by atomic mass is 16.4. The Morgan fingerprint density at radius 1 is 1.38 bits per heavy atom. The lowest BCUT2D eigenvalue weighted by Crippen LogP contribution is -2.54. The van der Waals surface area contributed by atoms with Crippen molar-refractivity contribution in [1.82, 2.24) is 15.5 Å². The van der Waals surface area contributed by atoms with E-state index in [0.29, 0.717) is 25.9 Å². The number of amides is 3. The molecule has 1 aliphatic rings. The van der Waals surface area contributed by atoms with E-state index in [9.17, 15) is 14.4 Å². The van der Waals surface area contributed by atoms with E-state index < -0.39 is 17.9 Å². The van der Waals surface area contributed by atoms with Crippen molar-refractivity contribution in [3.05, 3.63) is 0 Å². The van der Waals surface area contributed by atoms with E-state index in [2.05, 4.69) is 10.6 Å². The van der Waals surface area contributed by atoms with E-state index in [0.717, 1.165) is 6.42 Å². The lowest BCUT2D eigenvalue weighted by Gasteiger charge is -2.36. The number of likely N-dealkylation sites (tertiary alicyclic amines) is 1. The largest absolute Gasteiger partial charge is 0.481 e. The molecule has 1 saturated heterocycles. The highest BCUT2D eigenvalue weighted by molar-refractivity contribution is 5.86. The average molecular weight is 299 g/mol. The van der Waals surface area contributed by atoms with Crippen LogP contribution in [0.1, 0.15) is 40.0 Å². The normalized spacial score (nSPS) is 23.3. The minimum atomic E-state index is -0.811. The van der Waals surface area contributed by atoms with Gasteiger partial charge in [-0.2, -0.15) is 0 Å². The average Bonchev–Trinajstić information content (AvgIpc) is 2.44. The lowest BCUT2D eigenvalue weighted by molar-refractivity contribution is -0.143. The summed E-state index contributed by atoms with van der Waals surface area (Å²) in [6, 6.07) is -1.07. The molecular weight excluding hydrogens is 274 g/mol. The molecule has 3 unspecified atom stereocenters. The first-order valence-corrected chi connectivity index (χ1v) is 7.44. The summed E-state index contributed by atoms with van der Waals surface area (Å²) in [4.78, 5) is 36.5. The van der Waals surface area contributed by atoms with Gasteiger partial charge in [-0.05, 0) is 33.1 Å². The van der Waals surface area contributed by atoms with E-state index in [1.807, 2.05) is 13.8 Å². The van der Waals surface area contributed by atoms with Gasteiger partial charge in [0.25, 0.3) is 0 Å². The number of aliphatic carboxylic acids is 1. The number of urea groups is 1. The van der Waals surface area contributed by atoms with Gasteiger partial charge in [0, 0.05) is 19.1 Å². The Bertz CT molecular complexity index is 400. The predicted molar refractivity (Wildman–Crippen MR) is 77.8 cm³/mol. The minimum absolute atomic E-state index is 0.147. The van der Waals surface area contributed by atoms with Crippen LogP contribution >= 0.6 is 0 Å². The second-order valence-corrected chi connectivity index (χ2v) is 5.56. The van der Waals surface area contributed by atoms with Crippen LogP contribution in [0.4, 0.5) is 4.79 Å². The number of carboxylic acid groups (broad SMARTS) is 1. The van der Waals surface area contributed by atoms with Gasteiger partial charge in [-0.1, -0.05) is 6.92 Å². The fraction of sp³-hybridized carbons (Fsp3) is 0.786. The van der Waals surface area contributed by atoms with Crippen LogP contribution in [0.3, 0.4) is 0 Å². The molecule has 0 bridgehead atoms. The molecule has 1 aliphatic heterocycles. The molecule has 7 heteroatoms. The quantitative estimate of drug-likeness (QED) is 0.699. The second kappa shape index (κ2) is 7.85. The molecule has 0 spiro atoms. The molecule has 1 heterocycles. The Balaban J connectivity index is 2.48. The number of hydrogen-bond acceptors (Lipinski definition) is 3. The monoisotopic (exact) mass is 299 g/mol. The Hall–Kier alpha value is -1.79. The minimum Gasteiger partial charge on any atom is -0.481 e. The summed E-state index contributed by atoms with van der Waals surface area (Å²) in [5.74, 6) is -1.41. The van der Waals surface area contributed by atoms with Crippen molar-refractivity contribution < 1.29 is 19.5 Å². The smallest absolute Gasteiger partial charge is 0.318 e. The molecule has 1 rings (SSSR count). The van der Waals surface area contributed by atoms with Gasteiger partial charge in [0.2, 0.25) is 5.91 Å². The maximum Gasteiger partial charge on any atom is 0.318 e. The first kappa shape index (κ1) is 17.3. The zero-order valence-electron chi connectivity index (χ0n) is 12.9. The molecule has 0 aromatic rings. The maximum atomic E-state index is 12.2. The third kappa shape index (κ3) is 4.91. The van der Waals surface area contributed by atoms with Crippen molar-refractivity contribution in [3.8, 4) is 0 Å². The first-order valence-electron chi connectivity index (χ1n) is 7.44. The molecule has 7 nitrogen and oxygen atoms in total. The highest BCUT2D eigenvalue weighted by Crippen LogP contribution is 2.22. The van der Waals surface area contributed by atoms with Crippen LogP contribution in [0, 0.1) is 5.92 Å². The van der Waals surface area contributed by atoms with Crippen LogP contribution in [0.5, 0.6) is 0 Å². The summed E-state index contributed by atoms with van der Waals surface area (Å²) in [6.07, 6.45) is 1.73. The predicted octanol–water partition coefficient (Wildman–Crippen LogP) is 0.796. The maximum absolute atomic E-state index is 12.2. The molecule has 3 amide bonds. The van der Waals surface area contributed by atoms with E-state index in [-0.39, 0.29) is 18.0 Å². The van der Waals surface area contributed by atoms with E-state index in [4.69, 9.17) is 5.11 Å². The van der Waals surface area contributed by atoms with Crippen molar-refractivity contribution in [2.45, 2.75) is 52.1 Å². The zero-order valence-corrected chi connectivity index (χ0v) is 12.9. The Morgan fingerprint density at radius 2 is 2.05 bits per heavy atom. The molecule has 3 atom stereocenters. The molecule has 1 fully saturated rings. The highest BCUT2D eigenvalue weighted by Gasteiger charge is 2.33. The summed E-state index contributed by atoms with van der Waals surface area (Å²) in [5, 5.41) is 14.4. The summed E-state index contributed by atoms with van der Waals surface area (Å²) < 4.78 is 0. The number of carboxylic acids is 1. The SMILES string of the molecule is CCCNC(=O)C(C)NC(=O)N1CCC(C(=O)O)CC1C. The first-order chi connectivity index (χ1) is 9.86. The van der Waals surface area contributed by atoms with E-state index in [1.54, 1.807) is 11.8 Å². The van der Waals surface area contributed by atoms with E-state index >= 15 is 0 Å². The summed E-state index contributed by atoms with van der Waals surface area (Å²) in [5.41, 5.74) is 0. The summed E-state index contributed by atoms with van der Waals surface area (Å²) >= 11 is 0. The summed E-state index contributed by atoms with van der Waals surface area (Å²) in [6.45, 7) is 6.40. The van der Waals surface area contributed by atoms with Crippen LogP contribution in [-0.2, 0) is 9.59 Å². The van der Waals surface area contributed by atoms with Gasteiger partial charge < -0.3 is 20.6 Å². The van der Waals surface area contributed by atoms with E-state index in [1.165, 1.54) is 0 Å².